The summed E-state index contributed by atoms with van der Waals surface area (Å²) in [5.74, 6) is 0.578. The third-order valence-electron chi connectivity index (χ3n) is 2.99. The number of nitrogens with one attached hydrogen (secondary N) is 3. The number of hydrogen-bond donors (Lipinski definition) is 3. The zero-order valence-corrected chi connectivity index (χ0v) is 10.6. The van der Waals surface area contributed by atoms with E-state index in [1.54, 1.807) is 11.3 Å². The second-order valence-electron chi connectivity index (χ2n) is 4.28. The lowest BCUT2D eigenvalue weighted by Gasteiger charge is -2.08. The van der Waals surface area contributed by atoms with Gasteiger partial charge >= 0.3 is 0 Å². The van der Waals surface area contributed by atoms with Gasteiger partial charge in [-0.2, -0.15) is 5.10 Å². The van der Waals surface area contributed by atoms with Gasteiger partial charge in [-0.25, -0.2) is 0 Å². The van der Waals surface area contributed by atoms with Crippen molar-refractivity contribution in [3.63, 3.8) is 0 Å². The molecule has 1 aliphatic rings. The van der Waals surface area contributed by atoms with Crippen LogP contribution in [-0.4, -0.2) is 28.7 Å². The molecule has 1 unspecified atom stereocenters. The van der Waals surface area contributed by atoms with Gasteiger partial charge in [-0.1, -0.05) is 6.07 Å². The van der Waals surface area contributed by atoms with Crippen LogP contribution in [0.15, 0.2) is 23.6 Å². The number of carbonyl (C=O) groups is 1. The number of rotatable bonds is 3. The van der Waals surface area contributed by atoms with Crippen LogP contribution >= 0.6 is 11.3 Å². The van der Waals surface area contributed by atoms with Crippen LogP contribution in [0.2, 0.25) is 0 Å². The summed E-state index contributed by atoms with van der Waals surface area (Å²) in [7, 11) is 0. The maximum absolute atomic E-state index is 11.9. The van der Waals surface area contributed by atoms with E-state index in [4.69, 9.17) is 0 Å². The summed E-state index contributed by atoms with van der Waals surface area (Å²) in [6.45, 7) is 0.916. The van der Waals surface area contributed by atoms with E-state index in [9.17, 15) is 4.79 Å². The molecule has 1 fully saturated rings. The van der Waals surface area contributed by atoms with Crippen LogP contribution in [0.5, 0.6) is 0 Å². The van der Waals surface area contributed by atoms with Gasteiger partial charge in [-0.15, -0.1) is 11.3 Å². The molecular weight excluding hydrogens is 248 g/mol. The molecule has 3 N–H and O–H groups in total. The van der Waals surface area contributed by atoms with Crippen LogP contribution in [0.1, 0.15) is 12.8 Å². The minimum absolute atomic E-state index is 0.00303. The SMILES string of the molecule is O=C(Nc1cc(-c2cccs2)[nH]n1)C1CCCN1. The Hall–Kier alpha value is -1.66. The first kappa shape index (κ1) is 11.4. The van der Waals surface area contributed by atoms with Crippen LogP contribution < -0.4 is 10.6 Å². The normalized spacial score (nSPS) is 19.0. The summed E-state index contributed by atoms with van der Waals surface area (Å²) in [4.78, 5) is 13.0. The molecule has 1 atom stereocenters. The fourth-order valence-electron chi connectivity index (χ4n) is 2.07. The molecule has 1 aliphatic heterocycles. The van der Waals surface area contributed by atoms with Crippen LogP contribution in [0, 0.1) is 0 Å². The van der Waals surface area contributed by atoms with Crippen molar-refractivity contribution in [2.75, 3.05) is 11.9 Å². The molecule has 0 saturated carbocycles. The fraction of sp³-hybridized carbons (Fsp3) is 0.333. The average Bonchev–Trinajstić information content (AvgIpc) is 3.12. The van der Waals surface area contributed by atoms with Crippen molar-refractivity contribution in [3.8, 4) is 10.6 Å². The molecular formula is C12H14N4OS. The highest BCUT2D eigenvalue weighted by Gasteiger charge is 2.22. The number of hydrogen-bond acceptors (Lipinski definition) is 4. The van der Waals surface area contributed by atoms with E-state index in [0.29, 0.717) is 5.82 Å². The quantitative estimate of drug-likeness (QED) is 0.790. The number of aromatic nitrogens is 2. The van der Waals surface area contributed by atoms with E-state index >= 15 is 0 Å². The first-order valence-electron chi connectivity index (χ1n) is 5.96. The summed E-state index contributed by atoms with van der Waals surface area (Å²) in [6.07, 6.45) is 1.95. The molecule has 2 aromatic heterocycles. The number of amides is 1. The van der Waals surface area contributed by atoms with Crippen molar-refractivity contribution in [1.29, 1.82) is 0 Å². The van der Waals surface area contributed by atoms with Crippen molar-refractivity contribution in [1.82, 2.24) is 15.5 Å². The molecule has 0 radical (unpaired) electrons. The average molecular weight is 262 g/mol. The van der Waals surface area contributed by atoms with Gasteiger partial charge in [-0.05, 0) is 30.8 Å². The minimum Gasteiger partial charge on any atom is -0.308 e. The highest BCUT2D eigenvalue weighted by atomic mass is 32.1. The second-order valence-corrected chi connectivity index (χ2v) is 5.23. The maximum atomic E-state index is 11.9. The molecule has 2 aromatic rings. The third-order valence-corrected chi connectivity index (χ3v) is 3.90. The molecule has 0 aromatic carbocycles. The summed E-state index contributed by atoms with van der Waals surface area (Å²) < 4.78 is 0. The lowest BCUT2D eigenvalue weighted by Crippen LogP contribution is -2.35. The van der Waals surface area contributed by atoms with Gasteiger partial charge in [0, 0.05) is 6.07 Å². The molecule has 3 rings (SSSR count). The van der Waals surface area contributed by atoms with E-state index in [2.05, 4.69) is 20.8 Å². The van der Waals surface area contributed by atoms with Crippen molar-refractivity contribution in [2.24, 2.45) is 0 Å². The van der Waals surface area contributed by atoms with E-state index in [0.717, 1.165) is 30.0 Å². The third kappa shape index (κ3) is 2.30. The van der Waals surface area contributed by atoms with Gasteiger partial charge < -0.3 is 10.6 Å². The van der Waals surface area contributed by atoms with E-state index in [1.165, 1.54) is 0 Å². The second kappa shape index (κ2) is 4.91. The summed E-state index contributed by atoms with van der Waals surface area (Å²) in [5.41, 5.74) is 0.930. The Kier molecular flexibility index (Phi) is 3.12. The number of H-pyrrole nitrogens is 1. The van der Waals surface area contributed by atoms with Gasteiger partial charge in [0.25, 0.3) is 0 Å². The first-order valence-corrected chi connectivity index (χ1v) is 6.84. The van der Waals surface area contributed by atoms with Gasteiger partial charge in [0.2, 0.25) is 5.91 Å². The number of anilines is 1. The number of carbonyl (C=O) groups excluding carboxylic acids is 1. The predicted octanol–water partition coefficient (Wildman–Crippen LogP) is 1.83. The Balaban J connectivity index is 1.68. The zero-order chi connectivity index (χ0) is 12.4. The Labute approximate surface area is 109 Å². The molecule has 0 aliphatic carbocycles. The molecule has 1 saturated heterocycles. The molecule has 3 heterocycles. The lowest BCUT2D eigenvalue weighted by atomic mass is 10.2. The topological polar surface area (TPSA) is 69.8 Å². The van der Waals surface area contributed by atoms with Gasteiger partial charge in [0.1, 0.15) is 0 Å². The minimum atomic E-state index is -0.0770. The van der Waals surface area contributed by atoms with Gasteiger partial charge in [-0.3, -0.25) is 9.89 Å². The fourth-order valence-corrected chi connectivity index (χ4v) is 2.76. The van der Waals surface area contributed by atoms with E-state index in [1.807, 2.05) is 23.6 Å². The van der Waals surface area contributed by atoms with Crippen molar-refractivity contribution >= 4 is 23.1 Å². The first-order chi connectivity index (χ1) is 8.83. The Morgan fingerprint density at radius 2 is 2.50 bits per heavy atom. The van der Waals surface area contributed by atoms with Crippen molar-refractivity contribution in [3.05, 3.63) is 23.6 Å². The van der Waals surface area contributed by atoms with Crippen LogP contribution in [0.4, 0.5) is 5.82 Å². The number of nitrogens with zero attached hydrogens (tertiary/aromatic N) is 1. The molecule has 6 heteroatoms. The predicted molar refractivity (Wildman–Crippen MR) is 71.6 cm³/mol. The molecule has 94 valence electrons. The van der Waals surface area contributed by atoms with Gasteiger partial charge in [0.05, 0.1) is 16.6 Å². The number of thiophene rings is 1. The summed E-state index contributed by atoms with van der Waals surface area (Å²) in [6, 6.07) is 5.79. The zero-order valence-electron chi connectivity index (χ0n) is 9.77. The van der Waals surface area contributed by atoms with E-state index < -0.39 is 0 Å². The lowest BCUT2D eigenvalue weighted by molar-refractivity contribution is -0.117. The van der Waals surface area contributed by atoms with Crippen LogP contribution in [-0.2, 0) is 4.79 Å². The highest BCUT2D eigenvalue weighted by Crippen LogP contribution is 2.24. The monoisotopic (exact) mass is 262 g/mol. The smallest absolute Gasteiger partial charge is 0.242 e. The maximum Gasteiger partial charge on any atom is 0.242 e. The van der Waals surface area contributed by atoms with Crippen LogP contribution in [0.3, 0.4) is 0 Å². The molecule has 1 amide bonds. The summed E-state index contributed by atoms with van der Waals surface area (Å²) >= 11 is 1.64. The molecule has 0 spiro atoms. The number of aromatic amines is 1. The standard InChI is InChI=1S/C12H14N4OS/c17-12(8-3-1-5-13-8)14-11-7-9(15-16-11)10-4-2-6-18-10/h2,4,6-8,13H,1,3,5H2,(H2,14,15,16,17). The van der Waals surface area contributed by atoms with Crippen molar-refractivity contribution in [2.45, 2.75) is 18.9 Å². The largest absolute Gasteiger partial charge is 0.308 e. The molecule has 5 nitrogen and oxygen atoms in total. The molecule has 0 bridgehead atoms. The van der Waals surface area contributed by atoms with Gasteiger partial charge in [0.15, 0.2) is 5.82 Å². The van der Waals surface area contributed by atoms with Crippen molar-refractivity contribution < 1.29 is 4.79 Å². The Morgan fingerprint density at radius 3 is 3.22 bits per heavy atom. The molecule has 18 heavy (non-hydrogen) atoms. The van der Waals surface area contributed by atoms with E-state index in [-0.39, 0.29) is 11.9 Å². The Bertz CT molecular complexity index is 528. The Morgan fingerprint density at radius 1 is 1.56 bits per heavy atom. The highest BCUT2D eigenvalue weighted by molar-refractivity contribution is 7.13. The van der Waals surface area contributed by atoms with Crippen LogP contribution in [0.25, 0.3) is 10.6 Å². The summed E-state index contributed by atoms with van der Waals surface area (Å²) in [5, 5.41) is 15.0.